The molecule has 1 unspecified atom stereocenters. The molecular formula is C53H91FN6O14. The summed E-state index contributed by atoms with van der Waals surface area (Å²) in [5, 5.41) is 77.8. The summed E-state index contributed by atoms with van der Waals surface area (Å²) in [6, 6.07) is 5.14. The molecule has 1 aromatic heterocycles. The zero-order valence-electron chi connectivity index (χ0n) is 46.5. The number of halogens is 1. The van der Waals surface area contributed by atoms with Crippen LogP contribution in [0, 0.1) is 17.8 Å². The number of rotatable bonds is 17. The van der Waals surface area contributed by atoms with Crippen LogP contribution in [-0.2, 0) is 44.4 Å². The van der Waals surface area contributed by atoms with Gasteiger partial charge in [-0.3, -0.25) is 4.79 Å². The van der Waals surface area contributed by atoms with Crippen LogP contribution in [0.15, 0.2) is 30.5 Å². The van der Waals surface area contributed by atoms with E-state index in [0.29, 0.717) is 31.6 Å². The molecule has 0 radical (unpaired) electrons. The normalized spacial score (nSPS) is 39.7. The van der Waals surface area contributed by atoms with Crippen LogP contribution >= 0.6 is 0 Å². The molecule has 7 N–H and O–H groups in total. The van der Waals surface area contributed by atoms with Crippen molar-refractivity contribution in [3.05, 3.63) is 47.3 Å². The third kappa shape index (κ3) is 14.2. The van der Waals surface area contributed by atoms with Gasteiger partial charge in [0.1, 0.15) is 48.8 Å². The molecule has 3 aliphatic rings. The Morgan fingerprint density at radius 2 is 1.62 bits per heavy atom. The monoisotopic (exact) mass is 1050 g/mol. The number of carbonyl (C=O) groups excluding carboxylic acids is 1. The molecule has 0 amide bonds. The van der Waals surface area contributed by atoms with Gasteiger partial charge in [-0.15, -0.1) is 5.10 Å². The molecule has 3 fully saturated rings. The Balaban J connectivity index is 1.44. The molecule has 424 valence electrons. The zero-order chi connectivity index (χ0) is 55.2. The summed E-state index contributed by atoms with van der Waals surface area (Å²) in [5.74, 6) is -2.89. The van der Waals surface area contributed by atoms with Crippen LogP contribution in [0.1, 0.15) is 137 Å². The number of ether oxygens (including phenoxy) is 7. The van der Waals surface area contributed by atoms with Crippen molar-refractivity contribution in [1.29, 1.82) is 0 Å². The second kappa shape index (κ2) is 26.2. The SMILES string of the molecule is CC[C@H]1OC(=O)[C@H](C)[C@@H](O[C@H]2C[C@@](C)(OC)[C@@H](O)[C@H](C)O2)[C@H](C)[C@@H](O[C@@H]2O[C@H](C)C[C@H](N(C)CCc3cn([C@H](CF)[C@H](OC)c4ccc(C(C)NO)cc4)nn3)[C@H]2O)[C@](C)(O)C[C@@H](C)CN(C)[C@H](C)[C@@H](O)[C@]1(C)O. The predicted molar refractivity (Wildman–Crippen MR) is 271 cm³/mol. The zero-order valence-corrected chi connectivity index (χ0v) is 46.5. The highest BCUT2D eigenvalue weighted by molar-refractivity contribution is 5.73. The lowest BCUT2D eigenvalue weighted by atomic mass is 9.77. The Kier molecular flexibility index (Phi) is 22.0. The topological polar surface area (TPSA) is 252 Å². The van der Waals surface area contributed by atoms with Gasteiger partial charge in [-0.25, -0.2) is 9.07 Å². The number of aliphatic hydroxyl groups excluding tert-OH is 3. The quantitative estimate of drug-likeness (QED) is 0.0872. The molecule has 21 atom stereocenters. The van der Waals surface area contributed by atoms with Crippen LogP contribution in [0.2, 0.25) is 0 Å². The maximum atomic E-state index is 14.8. The van der Waals surface area contributed by atoms with Crippen molar-refractivity contribution in [3.63, 3.8) is 0 Å². The number of esters is 1. The number of likely N-dealkylation sites (N-methyl/N-ethyl adjacent to an activating group) is 2. The Bertz CT molecular complexity index is 2040. The van der Waals surface area contributed by atoms with Crippen LogP contribution in [0.3, 0.4) is 0 Å². The molecule has 1 aromatic carbocycles. The van der Waals surface area contributed by atoms with Crippen LogP contribution in [-0.4, -0.2) is 200 Å². The minimum absolute atomic E-state index is 0.0802. The summed E-state index contributed by atoms with van der Waals surface area (Å²) >= 11 is 0. The summed E-state index contributed by atoms with van der Waals surface area (Å²) in [5.41, 5.74) is -0.207. The van der Waals surface area contributed by atoms with Crippen molar-refractivity contribution in [2.75, 3.05) is 48.1 Å². The number of cyclic esters (lactones) is 1. The second-order valence-corrected chi connectivity index (χ2v) is 22.5. The Hall–Kier alpha value is -2.84. The number of nitrogens with zero attached hydrogens (tertiary/aromatic N) is 5. The molecule has 0 bridgehead atoms. The third-order valence-electron chi connectivity index (χ3n) is 16.4. The van der Waals surface area contributed by atoms with Crippen LogP contribution in [0.5, 0.6) is 0 Å². The molecule has 5 rings (SSSR count). The number of aliphatic hydroxyl groups is 5. The van der Waals surface area contributed by atoms with Crippen molar-refractivity contribution >= 4 is 5.97 Å². The lowest BCUT2D eigenvalue weighted by Gasteiger charge is -2.49. The Morgan fingerprint density at radius 3 is 2.22 bits per heavy atom. The van der Waals surface area contributed by atoms with E-state index in [1.807, 2.05) is 68.9 Å². The van der Waals surface area contributed by atoms with Crippen molar-refractivity contribution in [1.82, 2.24) is 30.3 Å². The Morgan fingerprint density at radius 1 is 0.973 bits per heavy atom. The number of hydroxylamine groups is 1. The number of hydrogen-bond acceptors (Lipinski definition) is 19. The van der Waals surface area contributed by atoms with Gasteiger partial charge in [-0.2, -0.15) is 5.48 Å². The summed E-state index contributed by atoms with van der Waals surface area (Å²) in [6.07, 6.45) is -8.12. The van der Waals surface area contributed by atoms with Gasteiger partial charge < -0.3 is 73.7 Å². The third-order valence-corrected chi connectivity index (χ3v) is 16.4. The van der Waals surface area contributed by atoms with Crippen molar-refractivity contribution in [3.8, 4) is 0 Å². The average Bonchev–Trinajstić information content (AvgIpc) is 3.84. The van der Waals surface area contributed by atoms with E-state index in [0.717, 1.165) is 11.1 Å². The number of hydrogen-bond donors (Lipinski definition) is 7. The van der Waals surface area contributed by atoms with E-state index < -0.39 is 127 Å². The minimum Gasteiger partial charge on any atom is -0.459 e. The molecule has 2 aromatic rings. The summed E-state index contributed by atoms with van der Waals surface area (Å²) in [7, 11) is 6.70. The largest absolute Gasteiger partial charge is 0.459 e. The first-order valence-corrected chi connectivity index (χ1v) is 26.4. The van der Waals surface area contributed by atoms with Gasteiger partial charge in [-0.1, -0.05) is 50.3 Å². The highest BCUT2D eigenvalue weighted by Crippen LogP contribution is 2.41. The lowest BCUT2D eigenvalue weighted by Crippen LogP contribution is -2.61. The molecule has 3 saturated heterocycles. The fourth-order valence-electron chi connectivity index (χ4n) is 11.6. The predicted octanol–water partition coefficient (Wildman–Crippen LogP) is 4.04. The van der Waals surface area contributed by atoms with Crippen molar-refractivity contribution in [2.45, 2.75) is 217 Å². The molecule has 20 nitrogen and oxygen atoms in total. The fourth-order valence-corrected chi connectivity index (χ4v) is 11.6. The highest BCUT2D eigenvalue weighted by Gasteiger charge is 2.53. The van der Waals surface area contributed by atoms with E-state index in [1.165, 1.54) is 25.8 Å². The van der Waals surface area contributed by atoms with Gasteiger partial charge in [0.05, 0.1) is 53.3 Å². The van der Waals surface area contributed by atoms with Crippen molar-refractivity contribution < 1.29 is 73.1 Å². The number of nitrogens with one attached hydrogen (secondary N) is 1. The summed E-state index contributed by atoms with van der Waals surface area (Å²) < 4.78 is 60.3. The standard InChI is InChI=1S/C53H91FN6O14/c1-16-41-53(11,66)46(62)34(7)59(13)27-29(2)24-51(9,65)48(31(4)44(32(5)49(64)72-41)73-42-25-52(10,69-15)47(63)35(8)71-42)74-50-43(61)39(23-30(3)70-50)58(12)22-21-38-28-60(57-55-38)40(26-54)45(68-14)37-19-17-36(18-20-37)33(6)56-67/h17-20,28-35,39-48,50,56,61-63,65-67H,16,21-27H2,1-15H3/t29-,30-,31+,32-,33?,34-,35+,39+,40-,41-,42+,43-,44+,45-,46-,47+,48-,50+,51-,52-,53-/m1/s1. The van der Waals surface area contributed by atoms with Crippen LogP contribution in [0.25, 0.3) is 0 Å². The smallest absolute Gasteiger partial charge is 0.311 e. The van der Waals surface area contributed by atoms with E-state index in [-0.39, 0.29) is 31.2 Å². The number of methoxy groups -OCH3 is 2. The van der Waals surface area contributed by atoms with E-state index >= 15 is 0 Å². The van der Waals surface area contributed by atoms with Gasteiger partial charge in [0.2, 0.25) is 0 Å². The second-order valence-electron chi connectivity index (χ2n) is 22.5. The number of benzene rings is 1. The average molecular weight is 1060 g/mol. The van der Waals surface area contributed by atoms with Crippen LogP contribution < -0.4 is 5.48 Å². The number of aromatic nitrogens is 3. The molecule has 0 spiro atoms. The molecule has 74 heavy (non-hydrogen) atoms. The molecule has 0 aliphatic carbocycles. The first-order chi connectivity index (χ1) is 34.7. The van der Waals surface area contributed by atoms with Gasteiger partial charge in [0.15, 0.2) is 12.6 Å². The summed E-state index contributed by atoms with van der Waals surface area (Å²) in [6.45, 7) is 19.2. The Labute approximate surface area is 438 Å². The first kappa shape index (κ1) is 62.0. The van der Waals surface area contributed by atoms with E-state index in [4.69, 9.17) is 33.2 Å². The number of alkyl halides is 1. The van der Waals surface area contributed by atoms with Gasteiger partial charge >= 0.3 is 5.97 Å². The number of carbonyl (C=O) groups is 1. The molecular weight excluding hydrogens is 964 g/mol. The molecule has 0 saturated carbocycles. The van der Waals surface area contributed by atoms with E-state index in [2.05, 4.69) is 15.8 Å². The first-order valence-electron chi connectivity index (χ1n) is 26.4. The van der Waals surface area contributed by atoms with Gasteiger partial charge in [0.25, 0.3) is 0 Å². The molecule has 21 heteroatoms. The van der Waals surface area contributed by atoms with E-state index in [9.17, 15) is 39.9 Å². The van der Waals surface area contributed by atoms with Gasteiger partial charge in [-0.05, 0) is 106 Å². The maximum Gasteiger partial charge on any atom is 0.311 e. The lowest BCUT2D eigenvalue weighted by molar-refractivity contribution is -0.318. The maximum absolute atomic E-state index is 14.8. The summed E-state index contributed by atoms with van der Waals surface area (Å²) in [4.78, 5) is 18.4. The fraction of sp³-hybridized carbons (Fsp3) is 0.830. The molecule has 3 aliphatic heterocycles. The highest BCUT2D eigenvalue weighted by atomic mass is 19.1. The van der Waals surface area contributed by atoms with E-state index in [1.54, 1.807) is 54.7 Å². The van der Waals surface area contributed by atoms with Crippen molar-refractivity contribution in [2.24, 2.45) is 17.8 Å². The minimum atomic E-state index is -1.86. The molecule has 4 heterocycles. The van der Waals surface area contributed by atoms with Gasteiger partial charge in [0, 0.05) is 64.3 Å². The van der Waals surface area contributed by atoms with Crippen LogP contribution in [0.4, 0.5) is 4.39 Å².